The van der Waals surface area contributed by atoms with Crippen LogP contribution in [0.25, 0.3) is 0 Å². The number of carbonyl (C=O) groups is 1. The fourth-order valence-corrected chi connectivity index (χ4v) is 3.40. The second kappa shape index (κ2) is 8.05. The highest BCUT2D eigenvalue weighted by molar-refractivity contribution is 7.89. The molecule has 2 aromatic rings. The lowest BCUT2D eigenvalue weighted by Crippen LogP contribution is -2.28. The summed E-state index contributed by atoms with van der Waals surface area (Å²) in [6.07, 6.45) is 0. The molecule has 0 fully saturated rings. The lowest BCUT2D eigenvalue weighted by molar-refractivity contribution is 0.251. The lowest BCUT2D eigenvalue weighted by Gasteiger charge is -2.12. The summed E-state index contributed by atoms with van der Waals surface area (Å²) < 4.78 is 25.1. The first kappa shape index (κ1) is 19.5. The van der Waals surface area contributed by atoms with E-state index in [0.717, 1.165) is 9.87 Å². The summed E-state index contributed by atoms with van der Waals surface area (Å²) >= 11 is 11.7. The first-order chi connectivity index (χ1) is 11.7. The highest BCUT2D eigenvalue weighted by atomic mass is 35.5. The zero-order chi connectivity index (χ0) is 18.6. The lowest BCUT2D eigenvalue weighted by atomic mass is 10.2. The van der Waals surface area contributed by atoms with Gasteiger partial charge in [-0.2, -0.15) is 0 Å². The molecule has 2 aromatic carbocycles. The van der Waals surface area contributed by atoms with Gasteiger partial charge in [-0.3, -0.25) is 0 Å². The Hall–Kier alpha value is -1.80. The van der Waals surface area contributed by atoms with Gasteiger partial charge >= 0.3 is 6.03 Å². The van der Waals surface area contributed by atoms with E-state index in [9.17, 15) is 13.2 Å². The van der Waals surface area contributed by atoms with E-state index >= 15 is 0 Å². The van der Waals surface area contributed by atoms with Crippen LogP contribution in [0, 0.1) is 0 Å². The number of hydrogen-bond donors (Lipinski definition) is 2. The molecule has 6 nitrogen and oxygen atoms in total. The van der Waals surface area contributed by atoms with Gasteiger partial charge in [0, 0.05) is 36.4 Å². The quantitative estimate of drug-likeness (QED) is 0.803. The van der Waals surface area contributed by atoms with Crippen molar-refractivity contribution >= 4 is 44.9 Å². The van der Waals surface area contributed by atoms with E-state index in [0.29, 0.717) is 15.7 Å². The van der Waals surface area contributed by atoms with Crippen LogP contribution in [0.3, 0.4) is 0 Å². The van der Waals surface area contributed by atoms with Crippen LogP contribution in [0.4, 0.5) is 10.5 Å². The number of urea groups is 1. The highest BCUT2D eigenvalue weighted by Crippen LogP contribution is 2.22. The SMILES string of the molecule is CN(C)S(=O)(=O)c1ccc(CNC(=O)Nc2cc(Cl)cc(Cl)c2)cc1. The number of rotatable bonds is 5. The third kappa shape index (κ3) is 5.34. The molecule has 0 saturated carbocycles. The summed E-state index contributed by atoms with van der Waals surface area (Å²) in [5.41, 5.74) is 1.24. The van der Waals surface area contributed by atoms with Crippen molar-refractivity contribution in [1.82, 2.24) is 9.62 Å². The number of nitrogens with zero attached hydrogens (tertiary/aromatic N) is 1. The monoisotopic (exact) mass is 401 g/mol. The standard InChI is InChI=1S/C16H17Cl2N3O3S/c1-21(2)25(23,24)15-5-3-11(4-6-15)10-19-16(22)20-14-8-12(17)7-13(18)9-14/h3-9H,10H2,1-2H3,(H2,19,20,22). The molecule has 2 rings (SSSR count). The summed E-state index contributed by atoms with van der Waals surface area (Å²) in [5, 5.41) is 6.13. The molecule has 0 aliphatic rings. The molecule has 0 radical (unpaired) electrons. The van der Waals surface area contributed by atoms with Crippen molar-refractivity contribution in [1.29, 1.82) is 0 Å². The number of hydrogen-bond acceptors (Lipinski definition) is 3. The van der Waals surface area contributed by atoms with Crippen LogP contribution in [-0.4, -0.2) is 32.8 Å². The van der Waals surface area contributed by atoms with Gasteiger partial charge in [0.2, 0.25) is 10.0 Å². The van der Waals surface area contributed by atoms with Crippen molar-refractivity contribution in [3.8, 4) is 0 Å². The number of anilines is 1. The molecule has 2 N–H and O–H groups in total. The van der Waals surface area contributed by atoms with E-state index in [2.05, 4.69) is 10.6 Å². The van der Waals surface area contributed by atoms with Crippen molar-refractivity contribution < 1.29 is 13.2 Å². The molecule has 0 unspecified atom stereocenters. The molecule has 25 heavy (non-hydrogen) atoms. The van der Waals surface area contributed by atoms with Crippen molar-refractivity contribution in [3.05, 3.63) is 58.1 Å². The van der Waals surface area contributed by atoms with Gasteiger partial charge in [0.1, 0.15) is 0 Å². The molecule has 0 aromatic heterocycles. The van der Waals surface area contributed by atoms with E-state index in [-0.39, 0.29) is 11.4 Å². The van der Waals surface area contributed by atoms with Gasteiger partial charge in [-0.25, -0.2) is 17.5 Å². The predicted octanol–water partition coefficient (Wildman–Crippen LogP) is 3.57. The smallest absolute Gasteiger partial charge is 0.319 e. The summed E-state index contributed by atoms with van der Waals surface area (Å²) in [4.78, 5) is 12.1. The zero-order valence-electron chi connectivity index (χ0n) is 13.6. The third-order valence-electron chi connectivity index (χ3n) is 3.28. The van der Waals surface area contributed by atoms with Crippen LogP contribution in [-0.2, 0) is 16.6 Å². The Morgan fingerprint density at radius 1 is 1.04 bits per heavy atom. The largest absolute Gasteiger partial charge is 0.334 e. The maximum atomic E-state index is 12.0. The molecule has 0 atom stereocenters. The first-order valence-electron chi connectivity index (χ1n) is 7.21. The number of nitrogens with one attached hydrogen (secondary N) is 2. The number of benzene rings is 2. The van der Waals surface area contributed by atoms with Gasteiger partial charge in [-0.05, 0) is 35.9 Å². The van der Waals surface area contributed by atoms with Gasteiger partial charge in [0.25, 0.3) is 0 Å². The van der Waals surface area contributed by atoms with E-state index in [1.165, 1.54) is 26.2 Å². The van der Waals surface area contributed by atoms with E-state index < -0.39 is 16.1 Å². The van der Waals surface area contributed by atoms with Gasteiger partial charge in [0.05, 0.1) is 4.90 Å². The number of carbonyl (C=O) groups excluding carboxylic acids is 1. The van der Waals surface area contributed by atoms with Crippen molar-refractivity contribution in [3.63, 3.8) is 0 Å². The molecule has 134 valence electrons. The fraction of sp³-hybridized carbons (Fsp3) is 0.188. The van der Waals surface area contributed by atoms with Gasteiger partial charge < -0.3 is 10.6 Å². The van der Waals surface area contributed by atoms with E-state index in [1.54, 1.807) is 30.3 Å². The third-order valence-corrected chi connectivity index (χ3v) is 5.54. The summed E-state index contributed by atoms with van der Waals surface area (Å²) in [5.74, 6) is 0. The molecule has 0 bridgehead atoms. The number of amides is 2. The average molecular weight is 402 g/mol. The summed E-state index contributed by atoms with van der Waals surface area (Å²) in [7, 11) is -0.526. The minimum absolute atomic E-state index is 0.194. The van der Waals surface area contributed by atoms with Crippen LogP contribution < -0.4 is 10.6 Å². The Bertz CT molecular complexity index is 848. The topological polar surface area (TPSA) is 78.5 Å². The maximum Gasteiger partial charge on any atom is 0.319 e. The van der Waals surface area contributed by atoms with Gasteiger partial charge in [-0.1, -0.05) is 35.3 Å². The van der Waals surface area contributed by atoms with Crippen LogP contribution in [0.5, 0.6) is 0 Å². The average Bonchev–Trinajstić information content (AvgIpc) is 2.52. The Labute approximate surface area is 156 Å². The summed E-state index contributed by atoms with van der Waals surface area (Å²) in [6, 6.07) is 10.6. The Morgan fingerprint density at radius 3 is 2.12 bits per heavy atom. The van der Waals surface area contributed by atoms with Crippen molar-refractivity contribution in [2.24, 2.45) is 0 Å². The molecule has 0 spiro atoms. The second-order valence-electron chi connectivity index (χ2n) is 5.40. The van der Waals surface area contributed by atoms with E-state index in [4.69, 9.17) is 23.2 Å². The minimum atomic E-state index is -3.47. The van der Waals surface area contributed by atoms with Gasteiger partial charge in [-0.15, -0.1) is 0 Å². The van der Waals surface area contributed by atoms with Crippen LogP contribution in [0.2, 0.25) is 10.0 Å². The minimum Gasteiger partial charge on any atom is -0.334 e. The molecular formula is C16H17Cl2N3O3S. The van der Waals surface area contributed by atoms with E-state index in [1.807, 2.05) is 0 Å². The number of halogens is 2. The Morgan fingerprint density at radius 2 is 1.60 bits per heavy atom. The second-order valence-corrected chi connectivity index (χ2v) is 8.42. The Kier molecular flexibility index (Phi) is 6.29. The van der Waals surface area contributed by atoms with Crippen LogP contribution in [0.1, 0.15) is 5.56 Å². The maximum absolute atomic E-state index is 12.0. The molecule has 9 heteroatoms. The van der Waals surface area contributed by atoms with Crippen molar-refractivity contribution in [2.75, 3.05) is 19.4 Å². The molecule has 0 aliphatic carbocycles. The fourth-order valence-electron chi connectivity index (χ4n) is 1.97. The number of sulfonamides is 1. The summed E-state index contributed by atoms with van der Waals surface area (Å²) in [6.45, 7) is 0.239. The zero-order valence-corrected chi connectivity index (χ0v) is 15.9. The molecule has 0 heterocycles. The van der Waals surface area contributed by atoms with Crippen LogP contribution >= 0.6 is 23.2 Å². The molecular weight excluding hydrogens is 385 g/mol. The first-order valence-corrected chi connectivity index (χ1v) is 9.40. The van der Waals surface area contributed by atoms with Gasteiger partial charge in [0.15, 0.2) is 0 Å². The molecule has 0 aliphatic heterocycles. The van der Waals surface area contributed by atoms with Crippen molar-refractivity contribution in [2.45, 2.75) is 11.4 Å². The Balaban J connectivity index is 1.96. The normalized spacial score (nSPS) is 11.4. The predicted molar refractivity (Wildman–Crippen MR) is 99.6 cm³/mol. The highest BCUT2D eigenvalue weighted by Gasteiger charge is 2.16. The van der Waals surface area contributed by atoms with Crippen LogP contribution in [0.15, 0.2) is 47.4 Å². The molecule has 2 amide bonds. The molecule has 0 saturated heterocycles.